The lowest BCUT2D eigenvalue weighted by Gasteiger charge is -2.25. The first-order valence-electron chi connectivity index (χ1n) is 8.03. The van der Waals surface area contributed by atoms with E-state index in [0.29, 0.717) is 0 Å². The lowest BCUT2D eigenvalue weighted by atomic mass is 9.97. The summed E-state index contributed by atoms with van der Waals surface area (Å²) in [6.45, 7) is 16.9. The zero-order valence-corrected chi connectivity index (χ0v) is 15.0. The van der Waals surface area contributed by atoms with Crippen molar-refractivity contribution in [2.75, 3.05) is 11.9 Å². The molecule has 0 saturated heterocycles. The smallest absolute Gasteiger partial charge is 0.0440 e. The van der Waals surface area contributed by atoms with Crippen LogP contribution in [0.5, 0.6) is 0 Å². The summed E-state index contributed by atoms with van der Waals surface area (Å²) in [5.74, 6) is 0. The van der Waals surface area contributed by atoms with Gasteiger partial charge in [-0.3, -0.25) is 0 Å². The molecule has 0 saturated carbocycles. The summed E-state index contributed by atoms with van der Waals surface area (Å²) >= 11 is 0. The van der Waals surface area contributed by atoms with Crippen LogP contribution in [-0.4, -0.2) is 7.05 Å². The monoisotopic (exact) mass is 305 g/mol. The van der Waals surface area contributed by atoms with Crippen LogP contribution in [0.15, 0.2) is 55.1 Å². The molecule has 0 heterocycles. The van der Waals surface area contributed by atoms with Crippen molar-refractivity contribution < 1.29 is 0 Å². The Morgan fingerprint density at radius 2 is 1.70 bits per heavy atom. The maximum Gasteiger partial charge on any atom is 0.0440 e. The molecule has 0 aliphatic rings. The number of anilines is 1. The lowest BCUT2D eigenvalue weighted by molar-refractivity contribution is 1.10. The molecule has 0 amide bonds. The minimum absolute atomic E-state index is 0.921. The van der Waals surface area contributed by atoms with Gasteiger partial charge < -0.3 is 4.90 Å². The first-order chi connectivity index (χ1) is 10.8. The Kier molecular flexibility index (Phi) is 5.10. The Bertz CT molecular complexity index is 753. The molecule has 1 nitrogen and oxygen atoms in total. The van der Waals surface area contributed by atoms with Crippen LogP contribution in [0.1, 0.15) is 34.7 Å². The minimum atomic E-state index is 0.921. The topological polar surface area (TPSA) is 3.24 Å². The van der Waals surface area contributed by atoms with Gasteiger partial charge in [0.1, 0.15) is 0 Å². The molecular weight excluding hydrogens is 278 g/mol. The fourth-order valence-electron chi connectivity index (χ4n) is 2.92. The molecule has 2 aromatic rings. The normalized spacial score (nSPS) is 10.5. The second-order valence-electron chi connectivity index (χ2n) is 6.57. The van der Waals surface area contributed by atoms with E-state index in [2.05, 4.69) is 89.2 Å². The van der Waals surface area contributed by atoms with Crippen LogP contribution < -0.4 is 4.90 Å². The average Bonchev–Trinajstić information content (AvgIpc) is 2.48. The molecule has 0 bridgehead atoms. The van der Waals surface area contributed by atoms with Gasteiger partial charge in [-0.2, -0.15) is 0 Å². The number of hydrogen-bond donors (Lipinski definition) is 0. The highest BCUT2D eigenvalue weighted by atomic mass is 15.1. The number of rotatable bonds is 5. The Balaban J connectivity index is 2.40. The van der Waals surface area contributed by atoms with Crippen molar-refractivity contribution in [1.29, 1.82) is 0 Å². The first kappa shape index (κ1) is 17.1. The van der Waals surface area contributed by atoms with Crippen molar-refractivity contribution >= 4 is 11.4 Å². The summed E-state index contributed by atoms with van der Waals surface area (Å²) in [7, 11) is 2.09. The van der Waals surface area contributed by atoms with Crippen LogP contribution in [0.2, 0.25) is 0 Å². The number of benzene rings is 2. The molecule has 23 heavy (non-hydrogen) atoms. The molecule has 0 aliphatic carbocycles. The summed E-state index contributed by atoms with van der Waals surface area (Å²) in [5, 5.41) is 0. The second-order valence-corrected chi connectivity index (χ2v) is 6.57. The van der Waals surface area contributed by atoms with Crippen LogP contribution in [0.4, 0.5) is 5.69 Å². The Morgan fingerprint density at radius 3 is 2.30 bits per heavy atom. The predicted molar refractivity (Wildman–Crippen MR) is 103 cm³/mol. The van der Waals surface area contributed by atoms with E-state index in [9.17, 15) is 0 Å². The molecule has 0 spiro atoms. The largest absolute Gasteiger partial charge is 0.344 e. The zero-order valence-electron chi connectivity index (χ0n) is 15.0. The van der Waals surface area contributed by atoms with E-state index >= 15 is 0 Å². The minimum Gasteiger partial charge on any atom is -0.344 e. The van der Waals surface area contributed by atoms with Crippen LogP contribution in [0.25, 0.3) is 5.70 Å². The molecule has 1 heteroatoms. The molecule has 0 fully saturated rings. The van der Waals surface area contributed by atoms with Crippen molar-refractivity contribution in [1.82, 2.24) is 0 Å². The highest BCUT2D eigenvalue weighted by Gasteiger charge is 2.12. The third kappa shape index (κ3) is 3.92. The van der Waals surface area contributed by atoms with Gasteiger partial charge in [0.25, 0.3) is 0 Å². The van der Waals surface area contributed by atoms with Gasteiger partial charge in [-0.25, -0.2) is 0 Å². The van der Waals surface area contributed by atoms with Crippen LogP contribution in [-0.2, 0) is 6.42 Å². The fourth-order valence-corrected chi connectivity index (χ4v) is 2.92. The third-order valence-corrected chi connectivity index (χ3v) is 4.26. The predicted octanol–water partition coefficient (Wildman–Crippen LogP) is 5.84. The van der Waals surface area contributed by atoms with E-state index in [1.54, 1.807) is 0 Å². The summed E-state index contributed by atoms with van der Waals surface area (Å²) < 4.78 is 0. The van der Waals surface area contributed by atoms with Crippen molar-refractivity contribution in [3.05, 3.63) is 82.9 Å². The van der Waals surface area contributed by atoms with Crippen LogP contribution >= 0.6 is 0 Å². The van der Waals surface area contributed by atoms with Gasteiger partial charge >= 0.3 is 0 Å². The van der Waals surface area contributed by atoms with Crippen molar-refractivity contribution in [2.24, 2.45) is 0 Å². The Hall–Kier alpha value is -2.28. The zero-order chi connectivity index (χ0) is 17.1. The molecule has 0 aromatic heterocycles. The van der Waals surface area contributed by atoms with Gasteiger partial charge in [0.2, 0.25) is 0 Å². The summed E-state index contributed by atoms with van der Waals surface area (Å²) in [6, 6.07) is 13.0. The van der Waals surface area contributed by atoms with Crippen LogP contribution in [0.3, 0.4) is 0 Å². The number of aryl methyl sites for hydroxylation is 3. The molecule has 0 atom stereocenters. The number of hydrogen-bond acceptors (Lipinski definition) is 1. The molecular formula is C22H27N. The van der Waals surface area contributed by atoms with E-state index in [-0.39, 0.29) is 0 Å². The standard InChI is InChI=1S/C22H27N/c1-15(2)11-21-14-22(18(5)13-17(21)4)23(7)19(6)20-10-8-9-16(3)12-20/h8-10,12-14H,1,6,11H2,2-5,7H3. The van der Waals surface area contributed by atoms with Gasteiger partial charge in [0.15, 0.2) is 0 Å². The third-order valence-electron chi connectivity index (χ3n) is 4.26. The molecule has 2 aromatic carbocycles. The average molecular weight is 305 g/mol. The number of allylic oxidation sites excluding steroid dienone is 1. The number of nitrogens with zero attached hydrogens (tertiary/aromatic N) is 1. The lowest BCUT2D eigenvalue weighted by Crippen LogP contribution is -2.16. The fraction of sp³-hybridized carbons (Fsp3) is 0.273. The van der Waals surface area contributed by atoms with E-state index in [1.165, 1.54) is 33.5 Å². The van der Waals surface area contributed by atoms with Crippen molar-refractivity contribution in [3.63, 3.8) is 0 Å². The van der Waals surface area contributed by atoms with E-state index in [0.717, 1.165) is 17.7 Å². The SMILES string of the molecule is C=C(C)Cc1cc(N(C)C(=C)c2cccc(C)c2)c(C)cc1C. The summed E-state index contributed by atoms with van der Waals surface area (Å²) in [5.41, 5.74) is 9.74. The van der Waals surface area contributed by atoms with Gasteiger partial charge in [0, 0.05) is 18.4 Å². The highest BCUT2D eigenvalue weighted by Crippen LogP contribution is 2.30. The van der Waals surface area contributed by atoms with E-state index < -0.39 is 0 Å². The van der Waals surface area contributed by atoms with Crippen molar-refractivity contribution in [2.45, 2.75) is 34.1 Å². The molecule has 0 aliphatic heterocycles. The molecule has 0 unspecified atom stereocenters. The van der Waals surface area contributed by atoms with Gasteiger partial charge in [-0.05, 0) is 68.5 Å². The van der Waals surface area contributed by atoms with Gasteiger partial charge in [-0.1, -0.05) is 48.6 Å². The van der Waals surface area contributed by atoms with E-state index in [4.69, 9.17) is 0 Å². The first-order valence-corrected chi connectivity index (χ1v) is 8.03. The van der Waals surface area contributed by atoms with Gasteiger partial charge in [-0.15, -0.1) is 0 Å². The molecule has 0 N–H and O–H groups in total. The van der Waals surface area contributed by atoms with Crippen LogP contribution in [0, 0.1) is 20.8 Å². The Labute approximate surface area is 141 Å². The summed E-state index contributed by atoms with van der Waals surface area (Å²) in [6.07, 6.45) is 0.921. The molecule has 0 radical (unpaired) electrons. The van der Waals surface area contributed by atoms with Gasteiger partial charge in [0.05, 0.1) is 0 Å². The molecule has 2 rings (SSSR count). The Morgan fingerprint density at radius 1 is 1.00 bits per heavy atom. The quantitative estimate of drug-likeness (QED) is 0.627. The highest BCUT2D eigenvalue weighted by molar-refractivity contribution is 5.79. The van der Waals surface area contributed by atoms with E-state index in [1.807, 2.05) is 0 Å². The molecule has 120 valence electrons. The maximum absolute atomic E-state index is 4.30. The maximum atomic E-state index is 4.30. The van der Waals surface area contributed by atoms with Crippen molar-refractivity contribution in [3.8, 4) is 0 Å². The summed E-state index contributed by atoms with van der Waals surface area (Å²) in [4.78, 5) is 2.19. The second kappa shape index (κ2) is 6.87.